The second-order valence-corrected chi connectivity index (χ2v) is 6.59. The van der Waals surface area contributed by atoms with Gasteiger partial charge in [0.2, 0.25) is 0 Å². The van der Waals surface area contributed by atoms with Crippen LogP contribution in [0.5, 0.6) is 5.75 Å². The summed E-state index contributed by atoms with van der Waals surface area (Å²) in [5.74, 6) is 0.529. The first-order valence-corrected chi connectivity index (χ1v) is 9.08. The van der Waals surface area contributed by atoms with Crippen molar-refractivity contribution in [1.82, 2.24) is 14.9 Å². The van der Waals surface area contributed by atoms with Crippen LogP contribution in [0.15, 0.2) is 43.0 Å². The van der Waals surface area contributed by atoms with Crippen molar-refractivity contribution in [3.8, 4) is 5.75 Å². The molecule has 0 radical (unpaired) electrons. The summed E-state index contributed by atoms with van der Waals surface area (Å²) in [4.78, 5) is 16.6. The first-order chi connectivity index (χ1) is 12.7. The molecule has 0 aliphatic heterocycles. The van der Waals surface area contributed by atoms with Crippen LogP contribution >= 0.6 is 0 Å². The van der Waals surface area contributed by atoms with Gasteiger partial charge >= 0.3 is 0 Å². The Labute approximate surface area is 153 Å². The van der Waals surface area contributed by atoms with Crippen molar-refractivity contribution in [2.75, 3.05) is 13.2 Å². The molecule has 3 rings (SSSR count). The van der Waals surface area contributed by atoms with Crippen LogP contribution in [0, 0.1) is 0 Å². The number of nitrogens with two attached hydrogens (primary N) is 1. The number of aliphatic hydroxyl groups excluding tert-OH is 1. The topological polar surface area (TPSA) is 102 Å². The van der Waals surface area contributed by atoms with Crippen LogP contribution < -0.4 is 15.8 Å². The van der Waals surface area contributed by atoms with E-state index in [1.54, 1.807) is 36.8 Å². The summed E-state index contributed by atoms with van der Waals surface area (Å²) in [6.45, 7) is 1.15. The third-order valence-corrected chi connectivity index (χ3v) is 4.78. The highest BCUT2D eigenvalue weighted by Gasteiger charge is 2.33. The standard InChI is InChI=1S/C19H26N4O3/c20-9-2-12-26-15-7-5-14(6-8-15)19(25)22-16-3-1-4-17(18(16)24)23-11-10-21-13-23/h5-8,10-11,13,16-18,24H,1-4,9,12,20H2,(H,22,25)/t16-,17-,18-/m1/s1. The fourth-order valence-corrected chi connectivity index (χ4v) is 3.33. The van der Waals surface area contributed by atoms with Gasteiger partial charge in [0, 0.05) is 18.0 Å². The fourth-order valence-electron chi connectivity index (χ4n) is 3.33. The average Bonchev–Trinajstić information content (AvgIpc) is 3.18. The molecule has 0 unspecified atom stereocenters. The number of nitrogens with one attached hydrogen (secondary N) is 1. The highest BCUT2D eigenvalue weighted by molar-refractivity contribution is 5.94. The van der Waals surface area contributed by atoms with E-state index in [4.69, 9.17) is 10.5 Å². The number of aliphatic hydroxyl groups is 1. The second-order valence-electron chi connectivity index (χ2n) is 6.59. The quantitative estimate of drug-likeness (QED) is 0.651. The highest BCUT2D eigenvalue weighted by Crippen LogP contribution is 2.29. The number of benzene rings is 1. The zero-order valence-corrected chi connectivity index (χ0v) is 14.8. The molecule has 1 saturated carbocycles. The SMILES string of the molecule is NCCCOc1ccc(C(=O)N[C@@H]2CCC[C@@H](n3ccnc3)[C@@H]2O)cc1. The number of nitrogens with zero attached hydrogens (tertiary/aromatic N) is 2. The largest absolute Gasteiger partial charge is 0.494 e. The van der Waals surface area contributed by atoms with Gasteiger partial charge in [0.25, 0.3) is 5.91 Å². The number of ether oxygens (including phenoxy) is 1. The van der Waals surface area contributed by atoms with Gasteiger partial charge in [-0.05, 0) is 56.5 Å². The van der Waals surface area contributed by atoms with E-state index in [1.165, 1.54) is 0 Å². The molecule has 0 bridgehead atoms. The summed E-state index contributed by atoms with van der Waals surface area (Å²) in [5, 5.41) is 13.6. The molecule has 2 aromatic rings. The Morgan fingerprint density at radius 1 is 1.35 bits per heavy atom. The maximum Gasteiger partial charge on any atom is 0.251 e. The second kappa shape index (κ2) is 8.82. The molecule has 26 heavy (non-hydrogen) atoms. The normalized spacial score (nSPS) is 22.8. The molecule has 1 heterocycles. The number of hydrogen-bond donors (Lipinski definition) is 3. The predicted octanol–water partition coefficient (Wildman–Crippen LogP) is 1.50. The Morgan fingerprint density at radius 3 is 2.85 bits per heavy atom. The molecule has 1 aromatic heterocycles. The molecule has 0 saturated heterocycles. The lowest BCUT2D eigenvalue weighted by molar-refractivity contribution is 0.0399. The lowest BCUT2D eigenvalue weighted by atomic mass is 9.87. The molecule has 1 amide bonds. The van der Waals surface area contributed by atoms with E-state index < -0.39 is 6.10 Å². The minimum atomic E-state index is -0.638. The van der Waals surface area contributed by atoms with E-state index in [0.717, 1.165) is 25.7 Å². The van der Waals surface area contributed by atoms with Crippen LogP contribution in [0.3, 0.4) is 0 Å². The van der Waals surface area contributed by atoms with Gasteiger partial charge in [0.1, 0.15) is 5.75 Å². The summed E-state index contributed by atoms with van der Waals surface area (Å²) in [6.07, 6.45) is 7.99. The number of aromatic nitrogens is 2. The van der Waals surface area contributed by atoms with Crippen molar-refractivity contribution in [3.05, 3.63) is 48.5 Å². The van der Waals surface area contributed by atoms with Crippen molar-refractivity contribution in [2.45, 2.75) is 43.9 Å². The first kappa shape index (κ1) is 18.4. The lowest BCUT2D eigenvalue weighted by Crippen LogP contribution is -2.49. The molecule has 1 aliphatic rings. The monoisotopic (exact) mass is 358 g/mol. The summed E-state index contributed by atoms with van der Waals surface area (Å²) >= 11 is 0. The minimum Gasteiger partial charge on any atom is -0.494 e. The van der Waals surface area contributed by atoms with Crippen molar-refractivity contribution >= 4 is 5.91 Å². The molecule has 0 spiro atoms. The third-order valence-electron chi connectivity index (χ3n) is 4.78. The van der Waals surface area contributed by atoms with E-state index >= 15 is 0 Å². The Bertz CT molecular complexity index is 687. The average molecular weight is 358 g/mol. The molecular weight excluding hydrogens is 332 g/mol. The Hall–Kier alpha value is -2.38. The fraction of sp³-hybridized carbons (Fsp3) is 0.474. The highest BCUT2D eigenvalue weighted by atomic mass is 16.5. The van der Waals surface area contributed by atoms with Crippen molar-refractivity contribution in [1.29, 1.82) is 0 Å². The molecule has 7 nitrogen and oxygen atoms in total. The van der Waals surface area contributed by atoms with Gasteiger partial charge in [-0.1, -0.05) is 0 Å². The van der Waals surface area contributed by atoms with Crippen LogP contribution in [0.2, 0.25) is 0 Å². The predicted molar refractivity (Wildman–Crippen MR) is 98.0 cm³/mol. The zero-order chi connectivity index (χ0) is 18.4. The Morgan fingerprint density at radius 2 is 2.15 bits per heavy atom. The van der Waals surface area contributed by atoms with E-state index in [2.05, 4.69) is 10.3 Å². The van der Waals surface area contributed by atoms with Gasteiger partial charge < -0.3 is 25.5 Å². The smallest absolute Gasteiger partial charge is 0.251 e. The molecule has 140 valence electrons. The summed E-state index contributed by atoms with van der Waals surface area (Å²) < 4.78 is 7.46. The summed E-state index contributed by atoms with van der Waals surface area (Å²) in [6, 6.07) is 6.68. The van der Waals surface area contributed by atoms with Gasteiger partial charge in [-0.2, -0.15) is 0 Å². The van der Waals surface area contributed by atoms with E-state index in [-0.39, 0.29) is 18.0 Å². The van der Waals surface area contributed by atoms with Gasteiger partial charge in [0.05, 0.1) is 31.1 Å². The molecule has 3 atom stereocenters. The number of amides is 1. The van der Waals surface area contributed by atoms with Gasteiger partial charge in [0.15, 0.2) is 0 Å². The van der Waals surface area contributed by atoms with Gasteiger partial charge in [-0.3, -0.25) is 4.79 Å². The first-order valence-electron chi connectivity index (χ1n) is 9.08. The maximum atomic E-state index is 12.5. The van der Waals surface area contributed by atoms with Crippen molar-refractivity contribution < 1.29 is 14.6 Å². The van der Waals surface area contributed by atoms with E-state index in [9.17, 15) is 9.90 Å². The van der Waals surface area contributed by atoms with Gasteiger partial charge in [-0.15, -0.1) is 0 Å². The third kappa shape index (κ3) is 4.42. The molecule has 1 aliphatic carbocycles. The van der Waals surface area contributed by atoms with Crippen LogP contribution in [0.25, 0.3) is 0 Å². The van der Waals surface area contributed by atoms with Crippen LogP contribution in [0.4, 0.5) is 0 Å². The van der Waals surface area contributed by atoms with Crippen LogP contribution in [-0.2, 0) is 0 Å². The number of rotatable bonds is 7. The zero-order valence-electron chi connectivity index (χ0n) is 14.8. The number of imidazole rings is 1. The number of carbonyl (C=O) groups excluding carboxylic acids is 1. The molecule has 4 N–H and O–H groups in total. The summed E-state index contributed by atoms with van der Waals surface area (Å²) in [7, 11) is 0. The van der Waals surface area contributed by atoms with Crippen molar-refractivity contribution in [3.63, 3.8) is 0 Å². The molecular formula is C19H26N4O3. The number of hydrogen-bond acceptors (Lipinski definition) is 5. The van der Waals surface area contributed by atoms with Crippen LogP contribution in [-0.4, -0.2) is 45.9 Å². The Balaban J connectivity index is 1.58. The van der Waals surface area contributed by atoms with Crippen LogP contribution in [0.1, 0.15) is 42.1 Å². The molecule has 1 fully saturated rings. The molecule has 1 aromatic carbocycles. The minimum absolute atomic E-state index is 0.0603. The van der Waals surface area contributed by atoms with Crippen molar-refractivity contribution in [2.24, 2.45) is 5.73 Å². The lowest BCUT2D eigenvalue weighted by Gasteiger charge is -2.35. The summed E-state index contributed by atoms with van der Waals surface area (Å²) in [5.41, 5.74) is 5.99. The Kier molecular flexibility index (Phi) is 6.25. The van der Waals surface area contributed by atoms with Gasteiger partial charge in [-0.25, -0.2) is 4.98 Å². The van der Waals surface area contributed by atoms with E-state index in [0.29, 0.717) is 24.5 Å². The number of carbonyl (C=O) groups is 1. The van der Waals surface area contributed by atoms with E-state index in [1.807, 2.05) is 10.8 Å². The molecule has 7 heteroatoms. The maximum absolute atomic E-state index is 12.5.